The van der Waals surface area contributed by atoms with E-state index >= 15 is 0 Å². The van der Waals surface area contributed by atoms with Crippen LogP contribution in [-0.4, -0.2) is 24.5 Å². The molecule has 2 rings (SSSR count). The van der Waals surface area contributed by atoms with Crippen molar-refractivity contribution in [3.8, 4) is 5.75 Å². The molecular formula is C21H25ClN2O3. The van der Waals surface area contributed by atoms with Gasteiger partial charge >= 0.3 is 0 Å². The Labute approximate surface area is 165 Å². The number of amides is 2. The molecule has 0 aliphatic rings. The number of nitrogens with zero attached hydrogens (tertiary/aromatic N) is 1. The topological polar surface area (TPSA) is 58.6 Å². The molecule has 27 heavy (non-hydrogen) atoms. The Bertz CT molecular complexity index is 821. The van der Waals surface area contributed by atoms with Crippen molar-refractivity contribution in [1.82, 2.24) is 0 Å². The van der Waals surface area contributed by atoms with Crippen LogP contribution in [-0.2, 0) is 9.59 Å². The summed E-state index contributed by atoms with van der Waals surface area (Å²) in [6, 6.07) is 12.7. The molecule has 0 fully saturated rings. The van der Waals surface area contributed by atoms with Crippen LogP contribution in [0.5, 0.6) is 5.75 Å². The van der Waals surface area contributed by atoms with E-state index in [9.17, 15) is 9.59 Å². The fourth-order valence-electron chi connectivity index (χ4n) is 2.57. The van der Waals surface area contributed by atoms with Gasteiger partial charge in [0.05, 0.1) is 11.8 Å². The molecule has 6 heteroatoms. The molecule has 2 aromatic carbocycles. The second-order valence-electron chi connectivity index (χ2n) is 6.57. The third kappa shape index (κ3) is 6.00. The first-order valence-electron chi connectivity index (χ1n) is 8.87. The minimum absolute atomic E-state index is 0.00235. The molecule has 0 aliphatic carbocycles. The zero-order valence-electron chi connectivity index (χ0n) is 16.1. The first kappa shape index (κ1) is 20.8. The van der Waals surface area contributed by atoms with Crippen LogP contribution in [0.1, 0.15) is 32.8 Å². The summed E-state index contributed by atoms with van der Waals surface area (Å²) in [6.45, 7) is 7.48. The number of benzene rings is 2. The van der Waals surface area contributed by atoms with Crippen LogP contribution < -0.4 is 15.0 Å². The van der Waals surface area contributed by atoms with E-state index < -0.39 is 0 Å². The molecule has 0 atom stereocenters. The van der Waals surface area contributed by atoms with Gasteiger partial charge in [0.15, 0.2) is 0 Å². The highest BCUT2D eigenvalue weighted by Crippen LogP contribution is 2.26. The minimum atomic E-state index is -0.195. The Morgan fingerprint density at radius 1 is 1.19 bits per heavy atom. The largest absolute Gasteiger partial charge is 0.489 e. The molecule has 0 spiro atoms. The zero-order valence-corrected chi connectivity index (χ0v) is 16.8. The van der Waals surface area contributed by atoms with Gasteiger partial charge in [0.1, 0.15) is 5.75 Å². The van der Waals surface area contributed by atoms with Crippen LogP contribution in [0, 0.1) is 6.92 Å². The van der Waals surface area contributed by atoms with Crippen molar-refractivity contribution in [1.29, 1.82) is 0 Å². The number of anilines is 2. The predicted molar refractivity (Wildman–Crippen MR) is 110 cm³/mol. The minimum Gasteiger partial charge on any atom is -0.489 e. The van der Waals surface area contributed by atoms with Gasteiger partial charge in [-0.1, -0.05) is 29.8 Å². The fraction of sp³-hybridized carbons (Fsp3) is 0.333. The number of rotatable bonds is 7. The summed E-state index contributed by atoms with van der Waals surface area (Å²) >= 11 is 6.16. The molecule has 0 heterocycles. The number of nitrogens with one attached hydrogen (secondary N) is 1. The van der Waals surface area contributed by atoms with Crippen molar-refractivity contribution in [2.45, 2.75) is 40.2 Å². The Hall–Kier alpha value is -2.53. The van der Waals surface area contributed by atoms with Crippen molar-refractivity contribution in [3.05, 3.63) is 53.1 Å². The van der Waals surface area contributed by atoms with Gasteiger partial charge in [0.2, 0.25) is 11.8 Å². The number of carbonyl (C=O) groups is 2. The number of hydrogen-bond donors (Lipinski definition) is 1. The van der Waals surface area contributed by atoms with E-state index in [0.717, 1.165) is 5.56 Å². The van der Waals surface area contributed by atoms with E-state index in [4.69, 9.17) is 16.3 Å². The van der Waals surface area contributed by atoms with Gasteiger partial charge in [-0.05, 0) is 50.6 Å². The summed E-state index contributed by atoms with van der Waals surface area (Å²) in [6.07, 6.45) is 0.156. The summed E-state index contributed by atoms with van der Waals surface area (Å²) in [7, 11) is 0. The summed E-state index contributed by atoms with van der Waals surface area (Å²) in [5.41, 5.74) is 2.22. The molecule has 144 valence electrons. The van der Waals surface area contributed by atoms with Gasteiger partial charge in [-0.2, -0.15) is 0 Å². The Morgan fingerprint density at radius 3 is 2.52 bits per heavy atom. The summed E-state index contributed by atoms with van der Waals surface area (Å²) in [5, 5.41) is 3.44. The normalized spacial score (nSPS) is 10.6. The highest BCUT2D eigenvalue weighted by molar-refractivity contribution is 6.31. The number of halogens is 1. The second kappa shape index (κ2) is 9.42. The molecule has 2 amide bonds. The van der Waals surface area contributed by atoms with Crippen molar-refractivity contribution < 1.29 is 14.3 Å². The van der Waals surface area contributed by atoms with E-state index in [1.54, 1.807) is 17.0 Å². The lowest BCUT2D eigenvalue weighted by Crippen LogP contribution is -2.32. The van der Waals surface area contributed by atoms with Crippen LogP contribution in [0.3, 0.4) is 0 Å². The van der Waals surface area contributed by atoms with Gasteiger partial charge in [-0.3, -0.25) is 9.59 Å². The van der Waals surface area contributed by atoms with Crippen LogP contribution in [0.2, 0.25) is 5.02 Å². The quantitative estimate of drug-likeness (QED) is 0.739. The highest BCUT2D eigenvalue weighted by Gasteiger charge is 2.15. The van der Waals surface area contributed by atoms with E-state index in [1.165, 1.54) is 6.92 Å². The average molecular weight is 389 g/mol. The van der Waals surface area contributed by atoms with Gasteiger partial charge in [0.25, 0.3) is 0 Å². The maximum Gasteiger partial charge on any atom is 0.226 e. The number of ether oxygens (including phenoxy) is 1. The number of aryl methyl sites for hydroxylation is 1. The number of carbonyl (C=O) groups excluding carboxylic acids is 2. The molecule has 0 unspecified atom stereocenters. The lowest BCUT2D eigenvalue weighted by Gasteiger charge is -2.22. The van der Waals surface area contributed by atoms with Crippen LogP contribution in [0.15, 0.2) is 42.5 Å². The molecular weight excluding hydrogens is 364 g/mol. The Balaban J connectivity index is 2.04. The van der Waals surface area contributed by atoms with E-state index in [2.05, 4.69) is 5.32 Å². The molecule has 1 N–H and O–H groups in total. The van der Waals surface area contributed by atoms with Crippen LogP contribution in [0.4, 0.5) is 11.4 Å². The summed E-state index contributed by atoms with van der Waals surface area (Å²) in [5.74, 6) is 0.278. The first-order chi connectivity index (χ1) is 12.8. The van der Waals surface area contributed by atoms with Gasteiger partial charge in [-0.15, -0.1) is 0 Å². The standard InChI is InChI=1S/C21H25ClN2O3/c1-14(2)27-20-8-6-5-7-19(20)23-21(26)11-12-24(16(4)25)17-10-9-15(3)18(22)13-17/h5-10,13-14H,11-12H2,1-4H3,(H,23,26). The molecule has 5 nitrogen and oxygen atoms in total. The van der Waals surface area contributed by atoms with Crippen molar-refractivity contribution in [2.75, 3.05) is 16.8 Å². The molecule has 0 aromatic heterocycles. The fourth-order valence-corrected chi connectivity index (χ4v) is 2.75. The molecule has 0 aliphatic heterocycles. The van der Waals surface area contributed by atoms with Gasteiger partial charge < -0.3 is 15.0 Å². The van der Waals surface area contributed by atoms with Crippen LogP contribution >= 0.6 is 11.6 Å². The van der Waals surface area contributed by atoms with Crippen molar-refractivity contribution >= 4 is 34.8 Å². The van der Waals surface area contributed by atoms with E-state index in [1.807, 2.05) is 51.1 Å². The third-order valence-corrected chi connectivity index (χ3v) is 4.34. The SMILES string of the molecule is CC(=O)N(CCC(=O)Nc1ccccc1OC(C)C)c1ccc(C)c(Cl)c1. The summed E-state index contributed by atoms with van der Waals surface area (Å²) in [4.78, 5) is 26.0. The smallest absolute Gasteiger partial charge is 0.226 e. The van der Waals surface area contributed by atoms with Gasteiger partial charge in [-0.25, -0.2) is 0 Å². The molecule has 0 bridgehead atoms. The molecule has 0 radical (unpaired) electrons. The molecule has 0 saturated heterocycles. The van der Waals surface area contributed by atoms with Crippen molar-refractivity contribution in [3.63, 3.8) is 0 Å². The molecule has 0 saturated carbocycles. The zero-order chi connectivity index (χ0) is 20.0. The average Bonchev–Trinajstić information content (AvgIpc) is 2.59. The highest BCUT2D eigenvalue weighted by atomic mass is 35.5. The van der Waals surface area contributed by atoms with E-state index in [-0.39, 0.29) is 30.9 Å². The maximum absolute atomic E-state index is 12.4. The maximum atomic E-state index is 12.4. The van der Waals surface area contributed by atoms with E-state index in [0.29, 0.717) is 22.1 Å². The number of para-hydroxylation sites is 2. The number of hydrogen-bond acceptors (Lipinski definition) is 3. The Kier molecular flexibility index (Phi) is 7.25. The molecule has 2 aromatic rings. The lowest BCUT2D eigenvalue weighted by atomic mass is 10.2. The van der Waals surface area contributed by atoms with Crippen LogP contribution in [0.25, 0.3) is 0 Å². The summed E-state index contributed by atoms with van der Waals surface area (Å²) < 4.78 is 5.71. The third-order valence-electron chi connectivity index (χ3n) is 3.93. The van der Waals surface area contributed by atoms with Gasteiger partial charge in [0, 0.05) is 30.6 Å². The predicted octanol–water partition coefficient (Wildman–Crippen LogP) is 4.82. The Morgan fingerprint density at radius 2 is 1.89 bits per heavy atom. The monoisotopic (exact) mass is 388 g/mol. The van der Waals surface area contributed by atoms with Crippen molar-refractivity contribution in [2.24, 2.45) is 0 Å². The lowest BCUT2D eigenvalue weighted by molar-refractivity contribution is -0.117. The second-order valence-corrected chi connectivity index (χ2v) is 6.97. The first-order valence-corrected chi connectivity index (χ1v) is 9.25.